The summed E-state index contributed by atoms with van der Waals surface area (Å²) in [5.74, 6) is 0.208. The van der Waals surface area contributed by atoms with Crippen LogP contribution in [0.3, 0.4) is 0 Å². The minimum Gasteiger partial charge on any atom is -0.426 e. The van der Waals surface area contributed by atoms with Crippen LogP contribution in [0.25, 0.3) is 0 Å². The van der Waals surface area contributed by atoms with Crippen molar-refractivity contribution in [2.24, 2.45) is 0 Å². The molecule has 4 heteroatoms. The number of ether oxygens (including phenoxy) is 2. The van der Waals surface area contributed by atoms with Crippen molar-refractivity contribution in [3.63, 3.8) is 0 Å². The van der Waals surface area contributed by atoms with Crippen molar-refractivity contribution in [3.05, 3.63) is 29.3 Å². The maximum Gasteiger partial charge on any atom is 0.311 e. The van der Waals surface area contributed by atoms with E-state index in [1.54, 1.807) is 31.4 Å². The van der Waals surface area contributed by atoms with Crippen molar-refractivity contribution >= 4 is 17.6 Å². The molecule has 1 aromatic rings. The van der Waals surface area contributed by atoms with Crippen molar-refractivity contribution in [1.82, 2.24) is 0 Å². The van der Waals surface area contributed by atoms with Gasteiger partial charge in [0.15, 0.2) is 0 Å². The molecule has 82 valence electrons. The molecule has 0 N–H and O–H groups in total. The van der Waals surface area contributed by atoms with Gasteiger partial charge in [0, 0.05) is 25.2 Å². The first kappa shape index (κ1) is 12.0. The molecule has 15 heavy (non-hydrogen) atoms. The number of esters is 1. The summed E-state index contributed by atoms with van der Waals surface area (Å²) in [5.41, 5.74) is 0. The predicted molar refractivity (Wildman–Crippen MR) is 58.2 cm³/mol. The third-order valence-corrected chi connectivity index (χ3v) is 1.99. The first-order chi connectivity index (χ1) is 7.22. The molecule has 0 saturated heterocycles. The number of rotatable bonds is 5. The van der Waals surface area contributed by atoms with E-state index in [1.807, 2.05) is 0 Å². The number of hydrogen-bond donors (Lipinski definition) is 0. The van der Waals surface area contributed by atoms with Crippen LogP contribution in [0, 0.1) is 0 Å². The van der Waals surface area contributed by atoms with Gasteiger partial charge in [-0.05, 0) is 24.6 Å². The maximum absolute atomic E-state index is 11.3. The lowest BCUT2D eigenvalue weighted by Gasteiger charge is -2.03. The average molecular weight is 229 g/mol. The summed E-state index contributed by atoms with van der Waals surface area (Å²) in [6.07, 6.45) is 1.01. The lowest BCUT2D eigenvalue weighted by atomic mass is 10.3. The largest absolute Gasteiger partial charge is 0.426 e. The highest BCUT2D eigenvalue weighted by Crippen LogP contribution is 2.17. The standard InChI is InChI=1S/C11H13ClO3/c1-14-7-3-6-11(13)15-10-5-2-4-9(12)8-10/h2,4-5,8H,3,6-7H2,1H3. The van der Waals surface area contributed by atoms with Crippen molar-refractivity contribution < 1.29 is 14.3 Å². The number of methoxy groups -OCH3 is 1. The van der Waals surface area contributed by atoms with E-state index in [-0.39, 0.29) is 5.97 Å². The topological polar surface area (TPSA) is 35.5 Å². The molecule has 0 unspecified atom stereocenters. The zero-order valence-corrected chi connectivity index (χ0v) is 9.29. The second-order valence-corrected chi connectivity index (χ2v) is 3.46. The summed E-state index contributed by atoms with van der Waals surface area (Å²) < 4.78 is 9.90. The van der Waals surface area contributed by atoms with Crippen LogP contribution >= 0.6 is 11.6 Å². The van der Waals surface area contributed by atoms with Gasteiger partial charge in [-0.1, -0.05) is 17.7 Å². The molecule has 0 radical (unpaired) electrons. The third kappa shape index (κ3) is 4.81. The smallest absolute Gasteiger partial charge is 0.311 e. The Kier molecular flexibility index (Phi) is 5.15. The van der Waals surface area contributed by atoms with Crippen LogP contribution in [0.2, 0.25) is 5.02 Å². The molecule has 0 aliphatic rings. The quantitative estimate of drug-likeness (QED) is 0.442. The highest BCUT2D eigenvalue weighted by Gasteiger charge is 2.04. The normalized spacial score (nSPS) is 10.0. The lowest BCUT2D eigenvalue weighted by Crippen LogP contribution is -2.08. The first-order valence-corrected chi connectivity index (χ1v) is 5.05. The van der Waals surface area contributed by atoms with Gasteiger partial charge < -0.3 is 9.47 Å². The Balaban J connectivity index is 2.37. The molecule has 0 aliphatic carbocycles. The number of carbonyl (C=O) groups excluding carboxylic acids is 1. The molecule has 0 atom stereocenters. The van der Waals surface area contributed by atoms with E-state index in [0.29, 0.717) is 30.2 Å². The van der Waals surface area contributed by atoms with Crippen LogP contribution < -0.4 is 4.74 Å². The van der Waals surface area contributed by atoms with Crippen LogP contribution in [-0.2, 0) is 9.53 Å². The molecule has 0 fully saturated rings. The predicted octanol–water partition coefficient (Wildman–Crippen LogP) is 2.67. The van der Waals surface area contributed by atoms with Gasteiger partial charge in [-0.3, -0.25) is 4.79 Å². The molecule has 0 heterocycles. The molecule has 1 rings (SSSR count). The number of benzene rings is 1. The fraction of sp³-hybridized carbons (Fsp3) is 0.364. The van der Waals surface area contributed by atoms with Crippen LogP contribution in [0.1, 0.15) is 12.8 Å². The molecule has 0 bridgehead atoms. The van der Waals surface area contributed by atoms with Gasteiger partial charge in [0.05, 0.1) is 0 Å². The summed E-state index contributed by atoms with van der Waals surface area (Å²) in [6, 6.07) is 6.76. The van der Waals surface area contributed by atoms with Gasteiger partial charge in [-0.25, -0.2) is 0 Å². The second-order valence-electron chi connectivity index (χ2n) is 3.03. The van der Waals surface area contributed by atoms with E-state index >= 15 is 0 Å². The van der Waals surface area contributed by atoms with Crippen molar-refractivity contribution in [2.75, 3.05) is 13.7 Å². The van der Waals surface area contributed by atoms with Gasteiger partial charge >= 0.3 is 5.97 Å². The SMILES string of the molecule is COCCCC(=O)Oc1cccc(Cl)c1. The fourth-order valence-electron chi connectivity index (χ4n) is 1.07. The Morgan fingerprint density at radius 1 is 1.47 bits per heavy atom. The van der Waals surface area contributed by atoms with Crippen LogP contribution in [0.15, 0.2) is 24.3 Å². The molecule has 3 nitrogen and oxygen atoms in total. The van der Waals surface area contributed by atoms with Gasteiger partial charge in [0.25, 0.3) is 0 Å². The van der Waals surface area contributed by atoms with Crippen molar-refractivity contribution in [2.45, 2.75) is 12.8 Å². The molecular formula is C11H13ClO3. The summed E-state index contributed by atoms with van der Waals surface area (Å²) in [4.78, 5) is 11.3. The lowest BCUT2D eigenvalue weighted by molar-refractivity contribution is -0.134. The summed E-state index contributed by atoms with van der Waals surface area (Å²) >= 11 is 5.74. The molecule has 0 saturated carbocycles. The zero-order chi connectivity index (χ0) is 11.1. The zero-order valence-electron chi connectivity index (χ0n) is 8.53. The van der Waals surface area contributed by atoms with Crippen LogP contribution in [0.4, 0.5) is 0 Å². The number of halogens is 1. The summed E-state index contributed by atoms with van der Waals surface area (Å²) in [5, 5.41) is 0.553. The molecule has 0 aliphatic heterocycles. The number of hydrogen-bond acceptors (Lipinski definition) is 3. The van der Waals surface area contributed by atoms with E-state index in [9.17, 15) is 4.79 Å². The Hall–Kier alpha value is -1.06. The maximum atomic E-state index is 11.3. The Bertz CT molecular complexity index is 325. The van der Waals surface area contributed by atoms with Gasteiger partial charge in [0.2, 0.25) is 0 Å². The summed E-state index contributed by atoms with van der Waals surface area (Å²) in [6.45, 7) is 0.560. The van der Waals surface area contributed by atoms with E-state index in [4.69, 9.17) is 21.1 Å². The highest BCUT2D eigenvalue weighted by atomic mass is 35.5. The average Bonchev–Trinajstić information content (AvgIpc) is 2.18. The Morgan fingerprint density at radius 2 is 2.27 bits per heavy atom. The van der Waals surface area contributed by atoms with Crippen LogP contribution in [0.5, 0.6) is 5.75 Å². The molecular weight excluding hydrogens is 216 g/mol. The van der Waals surface area contributed by atoms with Crippen LogP contribution in [-0.4, -0.2) is 19.7 Å². The van der Waals surface area contributed by atoms with Gasteiger partial charge in [-0.2, -0.15) is 0 Å². The minimum absolute atomic E-state index is 0.269. The minimum atomic E-state index is -0.269. The van der Waals surface area contributed by atoms with Crippen molar-refractivity contribution in [3.8, 4) is 5.75 Å². The van der Waals surface area contributed by atoms with E-state index < -0.39 is 0 Å². The molecule has 0 aromatic heterocycles. The monoisotopic (exact) mass is 228 g/mol. The molecule has 1 aromatic carbocycles. The molecule has 0 spiro atoms. The Labute approximate surface area is 93.9 Å². The van der Waals surface area contributed by atoms with E-state index in [2.05, 4.69) is 0 Å². The fourth-order valence-corrected chi connectivity index (χ4v) is 1.25. The number of carbonyl (C=O) groups is 1. The van der Waals surface area contributed by atoms with Gasteiger partial charge in [0.1, 0.15) is 5.75 Å². The van der Waals surface area contributed by atoms with E-state index in [1.165, 1.54) is 0 Å². The highest BCUT2D eigenvalue weighted by molar-refractivity contribution is 6.30. The van der Waals surface area contributed by atoms with Gasteiger partial charge in [-0.15, -0.1) is 0 Å². The molecule has 0 amide bonds. The summed E-state index contributed by atoms with van der Waals surface area (Å²) in [7, 11) is 1.60. The Morgan fingerprint density at radius 3 is 2.93 bits per heavy atom. The third-order valence-electron chi connectivity index (χ3n) is 1.76. The second kappa shape index (κ2) is 6.43. The van der Waals surface area contributed by atoms with E-state index in [0.717, 1.165) is 0 Å². The first-order valence-electron chi connectivity index (χ1n) is 4.67. The van der Waals surface area contributed by atoms with Crippen molar-refractivity contribution in [1.29, 1.82) is 0 Å².